The van der Waals surface area contributed by atoms with Crippen molar-refractivity contribution < 1.29 is 14.6 Å². The van der Waals surface area contributed by atoms with Crippen LogP contribution >= 0.6 is 12.2 Å². The number of methoxy groups -OCH3 is 1. The van der Waals surface area contributed by atoms with Crippen LogP contribution in [0.3, 0.4) is 0 Å². The maximum atomic E-state index is 12.2. The van der Waals surface area contributed by atoms with Crippen LogP contribution in [0.4, 0.5) is 0 Å². The molecule has 2 aromatic carbocycles. The highest BCUT2D eigenvalue weighted by Crippen LogP contribution is 2.26. The summed E-state index contributed by atoms with van der Waals surface area (Å²) in [7, 11) is 1.48. The fourth-order valence-corrected chi connectivity index (χ4v) is 2.78. The van der Waals surface area contributed by atoms with Crippen LogP contribution in [0.5, 0.6) is 11.6 Å². The van der Waals surface area contributed by atoms with Gasteiger partial charge in [0.1, 0.15) is 11.3 Å². The van der Waals surface area contributed by atoms with Crippen molar-refractivity contribution in [3.05, 3.63) is 80.8 Å². The van der Waals surface area contributed by atoms with Crippen LogP contribution in [0.1, 0.15) is 15.9 Å². The summed E-state index contributed by atoms with van der Waals surface area (Å²) in [4.78, 5) is 26.7. The minimum atomic E-state index is -0.647. The number of amides is 1. The fraction of sp³-hybridized carbons (Fsp3) is 0.0526. The van der Waals surface area contributed by atoms with Gasteiger partial charge in [-0.05, 0) is 36.5 Å². The number of hydrogen-bond acceptors (Lipinski definition) is 6. The zero-order chi connectivity index (χ0) is 20.1. The van der Waals surface area contributed by atoms with Crippen LogP contribution in [-0.4, -0.2) is 33.9 Å². The third-order valence-electron chi connectivity index (χ3n) is 3.84. The van der Waals surface area contributed by atoms with E-state index in [1.54, 1.807) is 54.6 Å². The van der Waals surface area contributed by atoms with E-state index in [-0.39, 0.29) is 10.3 Å². The van der Waals surface area contributed by atoms with E-state index in [1.807, 2.05) is 0 Å². The van der Waals surface area contributed by atoms with Crippen LogP contribution < -0.4 is 15.7 Å². The molecule has 0 saturated heterocycles. The van der Waals surface area contributed by atoms with Crippen molar-refractivity contribution in [2.45, 2.75) is 0 Å². The largest absolute Gasteiger partial charge is 0.495 e. The molecule has 1 amide bonds. The Hall–Kier alpha value is -3.72. The number of hydrazone groups is 1. The lowest BCUT2D eigenvalue weighted by Crippen LogP contribution is -2.21. The number of aromatic nitrogens is 2. The first-order valence-electron chi connectivity index (χ1n) is 8.13. The van der Waals surface area contributed by atoms with Crippen LogP contribution in [0, 0.1) is 4.77 Å². The predicted molar refractivity (Wildman–Crippen MR) is 107 cm³/mol. The molecule has 0 atom stereocenters. The van der Waals surface area contributed by atoms with Crippen molar-refractivity contribution in [2.24, 2.45) is 5.10 Å². The fourth-order valence-electron chi connectivity index (χ4n) is 2.50. The molecule has 0 bridgehead atoms. The summed E-state index contributed by atoms with van der Waals surface area (Å²) in [6, 6.07) is 15.3. The molecule has 0 aliphatic carbocycles. The van der Waals surface area contributed by atoms with Crippen molar-refractivity contribution in [3.63, 3.8) is 0 Å². The lowest BCUT2D eigenvalue weighted by atomic mass is 10.2. The second-order valence-electron chi connectivity index (χ2n) is 5.57. The number of benzene rings is 2. The maximum absolute atomic E-state index is 12.2. The molecule has 0 aliphatic rings. The third kappa shape index (κ3) is 3.84. The summed E-state index contributed by atoms with van der Waals surface area (Å²) in [5.74, 6) is -0.442. The molecular weight excluding hydrogens is 380 g/mol. The van der Waals surface area contributed by atoms with Crippen LogP contribution in [0.15, 0.2) is 64.5 Å². The summed E-state index contributed by atoms with van der Waals surface area (Å²) < 4.78 is 6.51. The number of H-pyrrole nitrogens is 1. The molecule has 3 aromatic rings. The zero-order valence-corrected chi connectivity index (χ0v) is 15.6. The lowest BCUT2D eigenvalue weighted by Gasteiger charge is -2.14. The van der Waals surface area contributed by atoms with E-state index in [0.29, 0.717) is 17.0 Å². The van der Waals surface area contributed by atoms with Gasteiger partial charge in [0.25, 0.3) is 11.5 Å². The molecular formula is C19H16N4O4S. The summed E-state index contributed by atoms with van der Waals surface area (Å²) in [5, 5.41) is 14.4. The van der Waals surface area contributed by atoms with Gasteiger partial charge in [0.05, 0.1) is 19.0 Å². The van der Waals surface area contributed by atoms with Crippen LogP contribution in [0.25, 0.3) is 5.69 Å². The number of aromatic hydroxyl groups is 1. The Balaban J connectivity index is 1.97. The van der Waals surface area contributed by atoms with Gasteiger partial charge >= 0.3 is 0 Å². The van der Waals surface area contributed by atoms with Gasteiger partial charge in [0.2, 0.25) is 5.88 Å². The molecule has 0 saturated carbocycles. The molecule has 9 heteroatoms. The first-order valence-corrected chi connectivity index (χ1v) is 8.54. The highest BCUT2D eigenvalue weighted by atomic mass is 32.1. The molecule has 8 nitrogen and oxygen atoms in total. The van der Waals surface area contributed by atoms with E-state index in [2.05, 4.69) is 15.5 Å². The Morgan fingerprint density at radius 2 is 1.89 bits per heavy atom. The number of rotatable bonds is 5. The Labute approximate surface area is 164 Å². The Morgan fingerprint density at radius 1 is 1.21 bits per heavy atom. The van der Waals surface area contributed by atoms with Crippen molar-refractivity contribution >= 4 is 24.3 Å². The van der Waals surface area contributed by atoms with E-state index >= 15 is 0 Å². The average molecular weight is 396 g/mol. The number of para-hydroxylation sites is 2. The highest BCUT2D eigenvalue weighted by Gasteiger charge is 2.15. The minimum Gasteiger partial charge on any atom is -0.495 e. The number of carbonyl (C=O) groups is 1. The molecule has 3 N–H and O–H groups in total. The molecule has 1 aromatic heterocycles. The normalized spacial score (nSPS) is 10.8. The van der Waals surface area contributed by atoms with E-state index in [0.717, 1.165) is 6.21 Å². The van der Waals surface area contributed by atoms with Gasteiger partial charge in [0, 0.05) is 5.56 Å². The number of ether oxygens (including phenoxy) is 1. The van der Waals surface area contributed by atoms with E-state index in [1.165, 1.54) is 11.7 Å². The van der Waals surface area contributed by atoms with Crippen molar-refractivity contribution in [1.29, 1.82) is 0 Å². The molecule has 3 rings (SSSR count). The molecule has 0 spiro atoms. The molecule has 28 heavy (non-hydrogen) atoms. The third-order valence-corrected chi connectivity index (χ3v) is 4.13. The second kappa shape index (κ2) is 8.31. The minimum absolute atomic E-state index is 0.0162. The van der Waals surface area contributed by atoms with Gasteiger partial charge in [-0.3, -0.25) is 19.1 Å². The maximum Gasteiger partial charge on any atom is 0.271 e. The van der Waals surface area contributed by atoms with Gasteiger partial charge in [-0.25, -0.2) is 5.43 Å². The molecule has 142 valence electrons. The number of aromatic amines is 1. The summed E-state index contributed by atoms with van der Waals surface area (Å²) in [5.41, 5.74) is 2.33. The van der Waals surface area contributed by atoms with Gasteiger partial charge in [0.15, 0.2) is 4.77 Å². The molecule has 1 heterocycles. The van der Waals surface area contributed by atoms with Crippen LogP contribution in [0.2, 0.25) is 0 Å². The SMILES string of the molecule is COc1ccccc1-n1c(O)c(C=NNC(=O)c2ccccc2)c(=O)[nH]c1=S. The Morgan fingerprint density at radius 3 is 2.61 bits per heavy atom. The number of nitrogens with one attached hydrogen (secondary N) is 2. The number of nitrogens with zero attached hydrogens (tertiary/aromatic N) is 2. The predicted octanol–water partition coefficient (Wildman–Crippen LogP) is 2.37. The standard InChI is InChI=1S/C19H16N4O4S/c1-27-15-10-6-5-9-14(15)23-18(26)13(17(25)21-19(23)28)11-20-22-16(24)12-7-3-2-4-8-12/h2-11,26H,1H3,(H,22,24)(H,21,25,28). The smallest absolute Gasteiger partial charge is 0.271 e. The average Bonchev–Trinajstić information content (AvgIpc) is 2.71. The summed E-state index contributed by atoms with van der Waals surface area (Å²) >= 11 is 5.17. The first-order chi connectivity index (χ1) is 13.5. The Bertz CT molecular complexity index is 1150. The molecule has 0 aliphatic heterocycles. The zero-order valence-electron chi connectivity index (χ0n) is 14.7. The summed E-state index contributed by atoms with van der Waals surface area (Å²) in [6.45, 7) is 0. The van der Waals surface area contributed by atoms with Crippen LogP contribution in [-0.2, 0) is 0 Å². The first kappa shape index (κ1) is 19.1. The quantitative estimate of drug-likeness (QED) is 0.349. The van der Waals surface area contributed by atoms with Crippen molar-refractivity contribution in [1.82, 2.24) is 15.0 Å². The summed E-state index contributed by atoms with van der Waals surface area (Å²) in [6.07, 6.45) is 1.05. The van der Waals surface area contributed by atoms with Crippen molar-refractivity contribution in [3.8, 4) is 17.3 Å². The monoisotopic (exact) mass is 396 g/mol. The molecule has 0 fully saturated rings. The topological polar surface area (TPSA) is 109 Å². The molecule has 0 radical (unpaired) electrons. The molecule has 0 unspecified atom stereocenters. The van der Waals surface area contributed by atoms with Crippen molar-refractivity contribution in [2.75, 3.05) is 7.11 Å². The van der Waals surface area contributed by atoms with E-state index < -0.39 is 17.3 Å². The number of carbonyl (C=O) groups excluding carboxylic acids is 1. The highest BCUT2D eigenvalue weighted by molar-refractivity contribution is 7.71. The Kier molecular flexibility index (Phi) is 5.66. The van der Waals surface area contributed by atoms with Gasteiger partial charge in [-0.15, -0.1) is 0 Å². The lowest BCUT2D eigenvalue weighted by molar-refractivity contribution is 0.0955. The van der Waals surface area contributed by atoms with Gasteiger partial charge < -0.3 is 9.84 Å². The number of hydrogen-bond donors (Lipinski definition) is 3. The van der Waals surface area contributed by atoms with E-state index in [9.17, 15) is 14.7 Å². The van der Waals surface area contributed by atoms with Gasteiger partial charge in [-0.2, -0.15) is 5.10 Å². The van der Waals surface area contributed by atoms with Gasteiger partial charge in [-0.1, -0.05) is 30.3 Å². The second-order valence-corrected chi connectivity index (χ2v) is 5.96. The van der Waals surface area contributed by atoms with E-state index in [4.69, 9.17) is 17.0 Å².